The van der Waals surface area contributed by atoms with Crippen molar-refractivity contribution < 1.29 is 27.9 Å². The van der Waals surface area contributed by atoms with Gasteiger partial charge in [0.2, 0.25) is 11.5 Å². The SMILES string of the molecule is CCN(Cc1ccc(C(=O)N(C)C)cc1)C(=O)CC(O)(c1nccn1C)C(F)(F)F. The molecule has 0 radical (unpaired) electrons. The number of halogens is 3. The number of carbonyl (C=O) groups is 2. The molecule has 2 amide bonds. The van der Waals surface area contributed by atoms with Crippen molar-refractivity contribution in [2.75, 3.05) is 20.6 Å². The molecule has 0 aliphatic rings. The van der Waals surface area contributed by atoms with Crippen molar-refractivity contribution in [1.82, 2.24) is 19.4 Å². The lowest BCUT2D eigenvalue weighted by Gasteiger charge is -2.31. The molecule has 0 saturated heterocycles. The van der Waals surface area contributed by atoms with Gasteiger partial charge in [0.1, 0.15) is 0 Å². The first kappa shape index (κ1) is 23.4. The van der Waals surface area contributed by atoms with Gasteiger partial charge in [0.05, 0.1) is 6.42 Å². The number of alkyl halides is 3. The van der Waals surface area contributed by atoms with Gasteiger partial charge in [-0.25, -0.2) is 4.98 Å². The maximum absolute atomic E-state index is 13.7. The molecular weight excluding hydrogens is 401 g/mol. The Morgan fingerprint density at radius 3 is 2.20 bits per heavy atom. The first-order valence-electron chi connectivity index (χ1n) is 9.26. The average molecular weight is 426 g/mol. The van der Waals surface area contributed by atoms with Crippen LogP contribution >= 0.6 is 0 Å². The summed E-state index contributed by atoms with van der Waals surface area (Å²) in [6.07, 6.45) is -3.88. The minimum atomic E-state index is -5.09. The maximum atomic E-state index is 13.7. The van der Waals surface area contributed by atoms with E-state index in [9.17, 15) is 27.9 Å². The lowest BCUT2D eigenvalue weighted by atomic mass is 9.96. The molecule has 1 aromatic carbocycles. The zero-order chi connectivity index (χ0) is 22.7. The molecule has 10 heteroatoms. The van der Waals surface area contributed by atoms with Gasteiger partial charge in [-0.2, -0.15) is 13.2 Å². The number of aliphatic hydroxyl groups is 1. The van der Waals surface area contributed by atoms with Gasteiger partial charge in [0.25, 0.3) is 5.91 Å². The van der Waals surface area contributed by atoms with Crippen LogP contribution in [0.5, 0.6) is 0 Å². The Kier molecular flexibility index (Phi) is 6.91. The highest BCUT2D eigenvalue weighted by Crippen LogP contribution is 2.41. The van der Waals surface area contributed by atoms with Crippen LogP contribution in [0.4, 0.5) is 13.2 Å². The zero-order valence-corrected chi connectivity index (χ0v) is 17.3. The number of imidazole rings is 1. The van der Waals surface area contributed by atoms with E-state index in [-0.39, 0.29) is 19.0 Å². The fraction of sp³-hybridized carbons (Fsp3) is 0.450. The van der Waals surface area contributed by atoms with Crippen LogP contribution in [-0.2, 0) is 24.0 Å². The second-order valence-electron chi connectivity index (χ2n) is 7.20. The molecule has 1 aromatic heterocycles. The fourth-order valence-corrected chi connectivity index (χ4v) is 3.01. The molecule has 0 aliphatic carbocycles. The molecule has 2 rings (SSSR count). The Morgan fingerprint density at radius 2 is 1.77 bits per heavy atom. The number of aromatic nitrogens is 2. The van der Waals surface area contributed by atoms with Crippen LogP contribution in [0.1, 0.15) is 35.1 Å². The van der Waals surface area contributed by atoms with Crippen molar-refractivity contribution in [2.24, 2.45) is 7.05 Å². The summed E-state index contributed by atoms with van der Waals surface area (Å²) < 4.78 is 42.1. The summed E-state index contributed by atoms with van der Waals surface area (Å²) in [6, 6.07) is 6.47. The summed E-state index contributed by atoms with van der Waals surface area (Å²) in [5.74, 6) is -1.70. The topological polar surface area (TPSA) is 78.7 Å². The number of hydrogen-bond acceptors (Lipinski definition) is 4. The highest BCUT2D eigenvalue weighted by atomic mass is 19.4. The van der Waals surface area contributed by atoms with E-state index in [0.29, 0.717) is 11.1 Å². The Labute approximate surface area is 172 Å². The van der Waals surface area contributed by atoms with Crippen LogP contribution < -0.4 is 0 Å². The molecular formula is C20H25F3N4O3. The lowest BCUT2D eigenvalue weighted by Crippen LogP contribution is -2.48. The van der Waals surface area contributed by atoms with E-state index < -0.39 is 29.9 Å². The van der Waals surface area contributed by atoms with E-state index in [0.717, 1.165) is 10.8 Å². The third kappa shape index (κ3) is 4.81. The molecule has 0 fully saturated rings. The Balaban J connectivity index is 2.21. The largest absolute Gasteiger partial charge is 0.425 e. The van der Waals surface area contributed by atoms with Crippen molar-refractivity contribution >= 4 is 11.8 Å². The number of hydrogen-bond donors (Lipinski definition) is 1. The van der Waals surface area contributed by atoms with Gasteiger partial charge in [-0.1, -0.05) is 12.1 Å². The third-order valence-corrected chi connectivity index (χ3v) is 4.78. The number of aryl methyl sites for hydroxylation is 1. The molecule has 0 aliphatic heterocycles. The van der Waals surface area contributed by atoms with E-state index in [1.807, 2.05) is 0 Å². The van der Waals surface area contributed by atoms with E-state index in [1.54, 1.807) is 45.3 Å². The standard InChI is InChI=1S/C20H25F3N4O3/c1-5-27(13-14-6-8-15(9-7-14)17(29)25(2)3)16(28)12-19(30,20(21,22)23)18-24-10-11-26(18)4/h6-11,30H,5,12-13H2,1-4H3. The monoisotopic (exact) mass is 426 g/mol. The second kappa shape index (κ2) is 8.86. The van der Waals surface area contributed by atoms with E-state index in [1.165, 1.54) is 23.0 Å². The number of benzene rings is 1. The molecule has 1 N–H and O–H groups in total. The molecule has 2 aromatic rings. The number of rotatable bonds is 7. The smallest absolute Gasteiger partial charge is 0.374 e. The van der Waals surface area contributed by atoms with Crippen LogP contribution in [0.25, 0.3) is 0 Å². The van der Waals surface area contributed by atoms with E-state index >= 15 is 0 Å². The third-order valence-electron chi connectivity index (χ3n) is 4.78. The van der Waals surface area contributed by atoms with Crippen LogP contribution in [0.15, 0.2) is 36.7 Å². The molecule has 0 saturated carbocycles. The second-order valence-corrected chi connectivity index (χ2v) is 7.20. The average Bonchev–Trinajstić information content (AvgIpc) is 3.11. The van der Waals surface area contributed by atoms with Crippen LogP contribution in [0, 0.1) is 0 Å². The summed E-state index contributed by atoms with van der Waals surface area (Å²) in [4.78, 5) is 30.9. The van der Waals surface area contributed by atoms with Gasteiger partial charge in [0.15, 0.2) is 5.82 Å². The van der Waals surface area contributed by atoms with Gasteiger partial charge in [-0.05, 0) is 24.6 Å². The minimum absolute atomic E-state index is 0.0419. The normalized spacial score (nSPS) is 13.6. The molecule has 1 heterocycles. The van der Waals surface area contributed by atoms with Crippen molar-refractivity contribution in [1.29, 1.82) is 0 Å². The molecule has 30 heavy (non-hydrogen) atoms. The summed E-state index contributed by atoms with van der Waals surface area (Å²) in [6.45, 7) is 1.82. The predicted octanol–water partition coefficient (Wildman–Crippen LogP) is 2.31. The Morgan fingerprint density at radius 1 is 1.17 bits per heavy atom. The summed E-state index contributed by atoms with van der Waals surface area (Å²) in [5.41, 5.74) is -2.30. The highest BCUT2D eigenvalue weighted by molar-refractivity contribution is 5.93. The van der Waals surface area contributed by atoms with E-state index in [4.69, 9.17) is 0 Å². The van der Waals surface area contributed by atoms with Crippen molar-refractivity contribution in [3.63, 3.8) is 0 Å². The molecule has 1 atom stereocenters. The number of nitrogens with zero attached hydrogens (tertiary/aromatic N) is 4. The van der Waals surface area contributed by atoms with Crippen molar-refractivity contribution in [3.05, 3.63) is 53.6 Å². The highest BCUT2D eigenvalue weighted by Gasteiger charge is 2.59. The summed E-state index contributed by atoms with van der Waals surface area (Å²) >= 11 is 0. The summed E-state index contributed by atoms with van der Waals surface area (Å²) in [7, 11) is 4.56. The Hall–Kier alpha value is -2.88. The minimum Gasteiger partial charge on any atom is -0.374 e. The van der Waals surface area contributed by atoms with Crippen molar-refractivity contribution in [2.45, 2.75) is 31.7 Å². The van der Waals surface area contributed by atoms with Gasteiger partial charge in [0, 0.05) is 52.2 Å². The van der Waals surface area contributed by atoms with Gasteiger partial charge in [-0.3, -0.25) is 9.59 Å². The van der Waals surface area contributed by atoms with Crippen LogP contribution in [-0.4, -0.2) is 63.1 Å². The van der Waals surface area contributed by atoms with Crippen LogP contribution in [0.3, 0.4) is 0 Å². The maximum Gasteiger partial charge on any atom is 0.425 e. The van der Waals surface area contributed by atoms with Crippen molar-refractivity contribution in [3.8, 4) is 0 Å². The van der Waals surface area contributed by atoms with Gasteiger partial charge in [-0.15, -0.1) is 0 Å². The van der Waals surface area contributed by atoms with E-state index in [2.05, 4.69) is 4.98 Å². The molecule has 0 bridgehead atoms. The summed E-state index contributed by atoms with van der Waals surface area (Å²) in [5, 5.41) is 10.4. The van der Waals surface area contributed by atoms with Gasteiger partial charge < -0.3 is 19.5 Å². The number of amides is 2. The molecule has 164 valence electrons. The first-order valence-corrected chi connectivity index (χ1v) is 9.26. The molecule has 0 spiro atoms. The quantitative estimate of drug-likeness (QED) is 0.737. The fourth-order valence-electron chi connectivity index (χ4n) is 3.01. The zero-order valence-electron chi connectivity index (χ0n) is 17.3. The van der Waals surface area contributed by atoms with Gasteiger partial charge >= 0.3 is 6.18 Å². The van der Waals surface area contributed by atoms with Crippen LogP contribution in [0.2, 0.25) is 0 Å². The Bertz CT molecular complexity index is 893. The number of carbonyl (C=O) groups excluding carboxylic acids is 2. The first-order chi connectivity index (χ1) is 13.9. The lowest BCUT2D eigenvalue weighted by molar-refractivity contribution is -0.272. The molecule has 7 nitrogen and oxygen atoms in total. The predicted molar refractivity (Wildman–Crippen MR) is 103 cm³/mol. The molecule has 1 unspecified atom stereocenters.